The molecule has 0 aliphatic heterocycles. The normalized spacial score (nSPS) is 24.3. The molecular weight excluding hydrogens is 436 g/mol. The minimum absolute atomic E-state index is 0.0544. The van der Waals surface area contributed by atoms with E-state index in [1.165, 1.54) is 0 Å². The highest BCUT2D eigenvalue weighted by Gasteiger charge is 2.45. The lowest BCUT2D eigenvalue weighted by Crippen LogP contribution is -2.33. The lowest BCUT2D eigenvalue weighted by Gasteiger charge is -2.38. The Hall–Kier alpha value is -0.910. The fourth-order valence-electron chi connectivity index (χ4n) is 4.16. The van der Waals surface area contributed by atoms with Crippen molar-refractivity contribution in [3.05, 3.63) is 38.3 Å². The Morgan fingerprint density at radius 1 is 1.14 bits per heavy atom. The molecule has 156 valence electrons. The minimum atomic E-state index is -4.89. The van der Waals surface area contributed by atoms with E-state index in [-0.39, 0.29) is 38.4 Å². The molecule has 0 aromatic heterocycles. The number of carboxylic acids is 1. The SMILES string of the molecule is CC(C)[C@H]1CC[C@H](C)C[C@@H]1C(C(=O)O)=C(c1cc(Cl)c(Cl)c(Cl)c1)C(F)(F)F. The maximum Gasteiger partial charge on any atom is 0.417 e. The second kappa shape index (κ2) is 8.85. The topological polar surface area (TPSA) is 37.3 Å². The van der Waals surface area contributed by atoms with Gasteiger partial charge in [0.15, 0.2) is 0 Å². The summed E-state index contributed by atoms with van der Waals surface area (Å²) in [6.45, 7) is 5.76. The number of carboxylic acid groups (broad SMARTS) is 1. The van der Waals surface area contributed by atoms with Crippen molar-refractivity contribution in [3.8, 4) is 0 Å². The van der Waals surface area contributed by atoms with E-state index >= 15 is 0 Å². The molecule has 2 nitrogen and oxygen atoms in total. The van der Waals surface area contributed by atoms with Gasteiger partial charge in [-0.25, -0.2) is 4.79 Å². The second-order valence-electron chi connectivity index (χ2n) is 7.78. The molecule has 3 atom stereocenters. The van der Waals surface area contributed by atoms with Gasteiger partial charge in [-0.3, -0.25) is 0 Å². The zero-order valence-electron chi connectivity index (χ0n) is 15.7. The summed E-state index contributed by atoms with van der Waals surface area (Å²) in [5.74, 6) is -2.25. The molecule has 0 amide bonds. The molecule has 0 unspecified atom stereocenters. The Morgan fingerprint density at radius 2 is 1.68 bits per heavy atom. The van der Waals surface area contributed by atoms with Crippen molar-refractivity contribution >= 4 is 46.3 Å². The van der Waals surface area contributed by atoms with Gasteiger partial charge in [0.25, 0.3) is 0 Å². The Bertz CT molecular complexity index is 764. The number of alkyl halides is 3. The maximum absolute atomic E-state index is 14.1. The van der Waals surface area contributed by atoms with Crippen molar-refractivity contribution in [2.24, 2.45) is 23.7 Å². The molecule has 0 heterocycles. The first-order chi connectivity index (χ1) is 12.8. The summed E-state index contributed by atoms with van der Waals surface area (Å²) in [7, 11) is 0. The quantitative estimate of drug-likeness (QED) is 0.370. The molecule has 1 aliphatic carbocycles. The number of aliphatic carboxylic acids is 1. The van der Waals surface area contributed by atoms with E-state index in [0.29, 0.717) is 12.8 Å². The Balaban J connectivity index is 2.81. The molecule has 1 fully saturated rings. The molecule has 1 N–H and O–H groups in total. The number of benzene rings is 1. The molecule has 0 spiro atoms. The van der Waals surface area contributed by atoms with Crippen LogP contribution in [0.15, 0.2) is 17.7 Å². The van der Waals surface area contributed by atoms with Crippen LogP contribution in [0.25, 0.3) is 5.57 Å². The maximum atomic E-state index is 14.1. The van der Waals surface area contributed by atoms with Crippen LogP contribution in [-0.2, 0) is 4.79 Å². The summed E-state index contributed by atoms with van der Waals surface area (Å²) < 4.78 is 42.4. The number of rotatable bonds is 4. The van der Waals surface area contributed by atoms with Crippen LogP contribution in [0, 0.1) is 23.7 Å². The number of hydrogen-bond acceptors (Lipinski definition) is 1. The van der Waals surface area contributed by atoms with Crippen LogP contribution in [0.2, 0.25) is 15.1 Å². The fourth-order valence-corrected chi connectivity index (χ4v) is 4.75. The van der Waals surface area contributed by atoms with Gasteiger partial charge in [0.05, 0.1) is 26.2 Å². The van der Waals surface area contributed by atoms with Gasteiger partial charge in [-0.1, -0.05) is 62.0 Å². The first-order valence-corrected chi connectivity index (χ1v) is 10.2. The predicted molar refractivity (Wildman–Crippen MR) is 107 cm³/mol. The standard InChI is InChI=1S/C20H22Cl3F3O2/c1-9(2)12-5-4-10(3)6-13(12)16(19(27)28)17(20(24,25)26)11-7-14(21)18(23)15(22)8-11/h7-10,12-13H,4-6H2,1-3H3,(H,27,28)/t10-,12+,13-/m0/s1. The number of allylic oxidation sites excluding steroid dienone is 1. The monoisotopic (exact) mass is 456 g/mol. The lowest BCUT2D eigenvalue weighted by atomic mass is 9.66. The molecular formula is C20H22Cl3F3O2. The van der Waals surface area contributed by atoms with Crippen LogP contribution in [-0.4, -0.2) is 17.3 Å². The number of carbonyl (C=O) groups is 1. The molecule has 28 heavy (non-hydrogen) atoms. The summed E-state index contributed by atoms with van der Waals surface area (Å²) in [6.07, 6.45) is -2.95. The van der Waals surface area contributed by atoms with Gasteiger partial charge in [0.2, 0.25) is 0 Å². The highest BCUT2D eigenvalue weighted by atomic mass is 35.5. The Labute approximate surface area is 177 Å². The van der Waals surface area contributed by atoms with E-state index < -0.39 is 29.2 Å². The van der Waals surface area contributed by atoms with E-state index in [1.807, 2.05) is 20.8 Å². The molecule has 1 saturated carbocycles. The summed E-state index contributed by atoms with van der Waals surface area (Å²) in [4.78, 5) is 12.1. The van der Waals surface area contributed by atoms with E-state index in [0.717, 1.165) is 18.6 Å². The Morgan fingerprint density at radius 3 is 2.11 bits per heavy atom. The van der Waals surface area contributed by atoms with Gasteiger partial charge < -0.3 is 5.11 Å². The first-order valence-electron chi connectivity index (χ1n) is 9.04. The molecule has 0 bridgehead atoms. The zero-order chi connectivity index (χ0) is 21.4. The number of halogens is 6. The van der Waals surface area contributed by atoms with Crippen LogP contribution in [0.4, 0.5) is 13.2 Å². The van der Waals surface area contributed by atoms with Crippen molar-refractivity contribution in [1.82, 2.24) is 0 Å². The van der Waals surface area contributed by atoms with E-state index in [2.05, 4.69) is 0 Å². The van der Waals surface area contributed by atoms with Crippen LogP contribution >= 0.6 is 34.8 Å². The minimum Gasteiger partial charge on any atom is -0.478 e. The molecule has 1 aromatic carbocycles. The summed E-state index contributed by atoms with van der Waals surface area (Å²) >= 11 is 17.7. The van der Waals surface area contributed by atoms with Gasteiger partial charge in [0.1, 0.15) is 0 Å². The summed E-state index contributed by atoms with van der Waals surface area (Å²) in [6, 6.07) is 2.05. The lowest BCUT2D eigenvalue weighted by molar-refractivity contribution is -0.134. The predicted octanol–water partition coefficient (Wildman–Crippen LogP) is 7.76. The molecule has 1 aromatic rings. The average molecular weight is 458 g/mol. The third-order valence-electron chi connectivity index (χ3n) is 5.45. The van der Waals surface area contributed by atoms with Gasteiger partial charge >= 0.3 is 12.1 Å². The second-order valence-corrected chi connectivity index (χ2v) is 8.97. The van der Waals surface area contributed by atoms with Crippen LogP contribution in [0.3, 0.4) is 0 Å². The van der Waals surface area contributed by atoms with Crippen molar-refractivity contribution in [3.63, 3.8) is 0 Å². The highest BCUT2D eigenvalue weighted by Crippen LogP contribution is 2.48. The van der Waals surface area contributed by atoms with Crippen molar-refractivity contribution in [2.75, 3.05) is 0 Å². The largest absolute Gasteiger partial charge is 0.478 e. The first kappa shape index (κ1) is 23.4. The molecule has 2 rings (SSSR count). The molecule has 0 saturated heterocycles. The molecule has 1 aliphatic rings. The van der Waals surface area contributed by atoms with Gasteiger partial charge in [-0.05, 0) is 54.2 Å². The zero-order valence-corrected chi connectivity index (χ0v) is 18.0. The van der Waals surface area contributed by atoms with E-state index in [4.69, 9.17) is 34.8 Å². The van der Waals surface area contributed by atoms with Crippen molar-refractivity contribution in [2.45, 2.75) is 46.2 Å². The summed E-state index contributed by atoms with van der Waals surface area (Å²) in [5.41, 5.74) is -2.21. The Kier molecular flexibility index (Phi) is 7.38. The van der Waals surface area contributed by atoms with Crippen LogP contribution in [0.1, 0.15) is 45.6 Å². The number of hydrogen-bond donors (Lipinski definition) is 1. The smallest absolute Gasteiger partial charge is 0.417 e. The van der Waals surface area contributed by atoms with Crippen LogP contribution < -0.4 is 0 Å². The van der Waals surface area contributed by atoms with E-state index in [1.54, 1.807) is 0 Å². The van der Waals surface area contributed by atoms with Gasteiger partial charge in [-0.2, -0.15) is 13.2 Å². The van der Waals surface area contributed by atoms with Crippen molar-refractivity contribution < 1.29 is 23.1 Å². The fraction of sp³-hybridized carbons (Fsp3) is 0.550. The highest BCUT2D eigenvalue weighted by molar-refractivity contribution is 6.48. The third kappa shape index (κ3) is 4.98. The van der Waals surface area contributed by atoms with Gasteiger partial charge in [0, 0.05) is 0 Å². The average Bonchev–Trinajstić information content (AvgIpc) is 2.55. The third-order valence-corrected chi connectivity index (χ3v) is 6.65. The summed E-state index contributed by atoms with van der Waals surface area (Å²) in [5, 5.41) is 9.46. The van der Waals surface area contributed by atoms with E-state index in [9.17, 15) is 23.1 Å². The van der Waals surface area contributed by atoms with Crippen molar-refractivity contribution in [1.29, 1.82) is 0 Å². The van der Waals surface area contributed by atoms with Crippen LogP contribution in [0.5, 0.6) is 0 Å². The molecule has 8 heteroatoms. The molecule has 0 radical (unpaired) electrons. The van der Waals surface area contributed by atoms with Gasteiger partial charge in [-0.15, -0.1) is 0 Å².